The summed E-state index contributed by atoms with van der Waals surface area (Å²) in [5.74, 6) is 8.45. The van der Waals surface area contributed by atoms with Gasteiger partial charge in [-0.2, -0.15) is 0 Å². The van der Waals surface area contributed by atoms with Crippen LogP contribution in [-0.4, -0.2) is 0 Å². The first-order valence-corrected chi connectivity index (χ1v) is 16.3. The second-order valence-electron chi connectivity index (χ2n) is 13.6. The van der Waals surface area contributed by atoms with Gasteiger partial charge in [-0.3, -0.25) is 0 Å². The third-order valence-electron chi connectivity index (χ3n) is 11.0. The predicted octanol–water partition coefficient (Wildman–Crippen LogP) is 11.6. The first kappa shape index (κ1) is 29.0. The fraction of sp³-hybridized carbons (Fsp3) is 0.886. The molecule has 0 nitrogen and oxygen atoms in total. The van der Waals surface area contributed by atoms with Crippen molar-refractivity contribution in [3.8, 4) is 0 Å². The maximum absolute atomic E-state index is 3.84. The van der Waals surface area contributed by atoms with Crippen LogP contribution < -0.4 is 0 Å². The quantitative estimate of drug-likeness (QED) is 0.302. The van der Waals surface area contributed by atoms with E-state index in [4.69, 9.17) is 0 Å². The third-order valence-corrected chi connectivity index (χ3v) is 11.0. The summed E-state index contributed by atoms with van der Waals surface area (Å²) in [4.78, 5) is 0. The van der Waals surface area contributed by atoms with Crippen molar-refractivity contribution >= 4 is 0 Å². The molecule has 0 N–H and O–H groups in total. The maximum Gasteiger partial charge on any atom is -0.0348 e. The van der Waals surface area contributed by atoms with E-state index in [1.54, 1.807) is 12.8 Å². The molecule has 0 heteroatoms. The molecule has 0 aliphatic heterocycles. The van der Waals surface area contributed by atoms with Crippen molar-refractivity contribution in [1.29, 1.82) is 0 Å². The van der Waals surface area contributed by atoms with Gasteiger partial charge in [0, 0.05) is 0 Å². The summed E-state index contributed by atoms with van der Waals surface area (Å²) in [6, 6.07) is 0. The molecule has 0 aromatic rings. The Morgan fingerprint density at radius 1 is 0.514 bits per heavy atom. The van der Waals surface area contributed by atoms with E-state index in [0.29, 0.717) is 0 Å². The molecular weight excluding hydrogens is 420 g/mol. The Kier molecular flexibility index (Phi) is 13.6. The van der Waals surface area contributed by atoms with Gasteiger partial charge in [0.2, 0.25) is 0 Å². The van der Waals surface area contributed by atoms with E-state index in [1.165, 1.54) is 116 Å². The molecule has 4 saturated carbocycles. The smallest absolute Gasteiger partial charge is 0.0348 e. The van der Waals surface area contributed by atoms with E-state index in [9.17, 15) is 0 Å². The minimum atomic E-state index is 1.01. The van der Waals surface area contributed by atoms with Crippen molar-refractivity contribution in [2.24, 2.45) is 47.3 Å². The van der Waals surface area contributed by atoms with E-state index in [2.05, 4.69) is 45.6 Å². The molecular formula is C35H62. The van der Waals surface area contributed by atoms with Gasteiger partial charge in [-0.1, -0.05) is 83.4 Å². The molecule has 35 heavy (non-hydrogen) atoms. The summed E-state index contributed by atoms with van der Waals surface area (Å²) >= 11 is 0. The summed E-state index contributed by atoms with van der Waals surface area (Å²) < 4.78 is 0. The van der Waals surface area contributed by atoms with Crippen LogP contribution in [0.5, 0.6) is 0 Å². The SMILES string of the molecule is C/C=C/CCC1CCC(C2CCC(C)CC2)CC1.C=CCCC1CCC(C2CCC(C)CC2)CC1. The second-order valence-corrected chi connectivity index (χ2v) is 13.6. The van der Waals surface area contributed by atoms with Crippen LogP contribution in [0.1, 0.15) is 149 Å². The van der Waals surface area contributed by atoms with Crippen molar-refractivity contribution in [1.82, 2.24) is 0 Å². The van der Waals surface area contributed by atoms with Gasteiger partial charge in [0.15, 0.2) is 0 Å². The van der Waals surface area contributed by atoms with Crippen molar-refractivity contribution in [2.45, 2.75) is 149 Å². The van der Waals surface area contributed by atoms with E-state index in [-0.39, 0.29) is 0 Å². The molecule has 4 fully saturated rings. The fourth-order valence-electron chi connectivity index (χ4n) is 8.26. The molecule has 0 heterocycles. The van der Waals surface area contributed by atoms with Crippen LogP contribution in [0.4, 0.5) is 0 Å². The maximum atomic E-state index is 3.84. The van der Waals surface area contributed by atoms with Crippen LogP contribution in [-0.2, 0) is 0 Å². The number of hydrogen-bond acceptors (Lipinski definition) is 0. The van der Waals surface area contributed by atoms with Crippen LogP contribution in [0.2, 0.25) is 0 Å². The fourth-order valence-corrected chi connectivity index (χ4v) is 8.26. The highest BCUT2D eigenvalue weighted by atomic mass is 14.4. The molecule has 0 unspecified atom stereocenters. The molecule has 202 valence electrons. The summed E-state index contributed by atoms with van der Waals surface area (Å²) in [6.07, 6.45) is 36.4. The van der Waals surface area contributed by atoms with E-state index in [0.717, 1.165) is 47.3 Å². The summed E-state index contributed by atoms with van der Waals surface area (Å²) in [5.41, 5.74) is 0. The summed E-state index contributed by atoms with van der Waals surface area (Å²) in [5, 5.41) is 0. The zero-order chi connectivity index (χ0) is 24.9. The van der Waals surface area contributed by atoms with E-state index >= 15 is 0 Å². The average Bonchev–Trinajstić information content (AvgIpc) is 2.90. The Morgan fingerprint density at radius 3 is 1.20 bits per heavy atom. The second kappa shape index (κ2) is 16.3. The number of rotatable bonds is 8. The third kappa shape index (κ3) is 10.4. The highest BCUT2D eigenvalue weighted by Crippen LogP contribution is 2.43. The van der Waals surface area contributed by atoms with Crippen molar-refractivity contribution < 1.29 is 0 Å². The van der Waals surface area contributed by atoms with Crippen LogP contribution in [0.3, 0.4) is 0 Å². The molecule has 0 radical (unpaired) electrons. The predicted molar refractivity (Wildman–Crippen MR) is 157 cm³/mol. The van der Waals surface area contributed by atoms with Gasteiger partial charge >= 0.3 is 0 Å². The molecule has 0 spiro atoms. The lowest BCUT2D eigenvalue weighted by atomic mass is 9.69. The first-order chi connectivity index (χ1) is 17.1. The molecule has 4 aliphatic rings. The van der Waals surface area contributed by atoms with Crippen molar-refractivity contribution in [3.05, 3.63) is 24.8 Å². The van der Waals surface area contributed by atoms with Gasteiger partial charge in [0.05, 0.1) is 0 Å². The van der Waals surface area contributed by atoms with Crippen molar-refractivity contribution in [3.63, 3.8) is 0 Å². The van der Waals surface area contributed by atoms with E-state index < -0.39 is 0 Å². The van der Waals surface area contributed by atoms with Crippen LogP contribution in [0, 0.1) is 47.3 Å². The first-order valence-electron chi connectivity index (χ1n) is 16.3. The highest BCUT2D eigenvalue weighted by Gasteiger charge is 2.30. The Hall–Kier alpha value is -0.520. The van der Waals surface area contributed by atoms with Gasteiger partial charge in [-0.15, -0.1) is 6.58 Å². The van der Waals surface area contributed by atoms with Crippen LogP contribution >= 0.6 is 0 Å². The van der Waals surface area contributed by atoms with Gasteiger partial charge in [0.25, 0.3) is 0 Å². The zero-order valence-corrected chi connectivity index (χ0v) is 24.2. The van der Waals surface area contributed by atoms with Crippen LogP contribution in [0.15, 0.2) is 24.8 Å². The zero-order valence-electron chi connectivity index (χ0n) is 24.2. The highest BCUT2D eigenvalue weighted by molar-refractivity contribution is 4.84. The summed E-state index contributed by atoms with van der Waals surface area (Å²) in [7, 11) is 0. The molecule has 0 saturated heterocycles. The van der Waals surface area contributed by atoms with Gasteiger partial charge in [-0.25, -0.2) is 0 Å². The molecule has 0 aromatic heterocycles. The average molecular weight is 483 g/mol. The standard InChI is InChI=1S/C18H32.C17H30/c1-3-4-5-6-16-9-13-18(14-10-16)17-11-7-15(2)8-12-17;1-3-4-5-15-8-12-17(13-9-15)16-10-6-14(2)7-11-16/h3-4,15-18H,5-14H2,1-2H3;3,14-17H,1,4-13H2,2H3/b4-3+;. The Balaban J connectivity index is 0.000000196. The Morgan fingerprint density at radius 2 is 0.857 bits per heavy atom. The van der Waals surface area contributed by atoms with E-state index in [1.807, 2.05) is 0 Å². The normalized spacial score (nSPS) is 38.5. The molecule has 4 aliphatic carbocycles. The lowest BCUT2D eigenvalue weighted by Gasteiger charge is -2.37. The van der Waals surface area contributed by atoms with Gasteiger partial charge in [-0.05, 0) is 131 Å². The number of hydrogen-bond donors (Lipinski definition) is 0. The molecule has 4 rings (SSSR count). The lowest BCUT2D eigenvalue weighted by Crippen LogP contribution is -2.25. The molecule has 0 aromatic carbocycles. The topological polar surface area (TPSA) is 0 Å². The lowest BCUT2D eigenvalue weighted by molar-refractivity contribution is 0.148. The molecule has 0 bridgehead atoms. The monoisotopic (exact) mass is 482 g/mol. The molecule has 0 atom stereocenters. The van der Waals surface area contributed by atoms with Gasteiger partial charge in [0.1, 0.15) is 0 Å². The minimum Gasteiger partial charge on any atom is -0.103 e. The summed E-state index contributed by atoms with van der Waals surface area (Å²) in [6.45, 7) is 10.9. The Labute approximate surface area is 221 Å². The largest absolute Gasteiger partial charge is 0.103 e. The van der Waals surface area contributed by atoms with Gasteiger partial charge < -0.3 is 0 Å². The Bertz CT molecular complexity index is 555. The molecule has 0 amide bonds. The number of allylic oxidation sites excluding steroid dienone is 3. The minimum absolute atomic E-state index is 1.01. The van der Waals surface area contributed by atoms with Crippen molar-refractivity contribution in [2.75, 3.05) is 0 Å². The van der Waals surface area contributed by atoms with Crippen LogP contribution in [0.25, 0.3) is 0 Å².